The lowest BCUT2D eigenvalue weighted by Gasteiger charge is -2.31. The van der Waals surface area contributed by atoms with Crippen molar-refractivity contribution in [3.8, 4) is 0 Å². The van der Waals surface area contributed by atoms with E-state index in [0.29, 0.717) is 23.2 Å². The molecule has 1 heterocycles. The van der Waals surface area contributed by atoms with Crippen molar-refractivity contribution in [1.82, 2.24) is 4.90 Å². The number of hydrogen-bond acceptors (Lipinski definition) is 3. The van der Waals surface area contributed by atoms with Crippen LogP contribution in [0.25, 0.3) is 0 Å². The summed E-state index contributed by atoms with van der Waals surface area (Å²) in [5, 5.41) is 11.7. The van der Waals surface area contributed by atoms with Gasteiger partial charge in [-0.1, -0.05) is 0 Å². The summed E-state index contributed by atoms with van der Waals surface area (Å²) < 4.78 is 5.91. The Bertz CT molecular complexity index is 542. The van der Waals surface area contributed by atoms with E-state index < -0.39 is 5.97 Å². The number of hydrogen-bond donors (Lipinski definition) is 2. The van der Waals surface area contributed by atoms with E-state index in [9.17, 15) is 9.59 Å². The van der Waals surface area contributed by atoms with Gasteiger partial charge in [0.2, 0.25) is 0 Å². The predicted octanol–water partition coefficient (Wildman–Crippen LogP) is 2.79. The highest BCUT2D eigenvalue weighted by atomic mass is 79.9. The van der Waals surface area contributed by atoms with Crippen LogP contribution >= 0.6 is 15.9 Å². The summed E-state index contributed by atoms with van der Waals surface area (Å²) in [5.41, 5.74) is 0.584. The summed E-state index contributed by atoms with van der Waals surface area (Å²) in [6.45, 7) is 1.25. The molecule has 6 nitrogen and oxygen atoms in total. The van der Waals surface area contributed by atoms with Crippen LogP contribution in [0, 0.1) is 0 Å². The highest BCUT2D eigenvalue weighted by Gasteiger charge is 2.23. The van der Waals surface area contributed by atoms with Gasteiger partial charge in [0.15, 0.2) is 0 Å². The third-order valence-corrected chi connectivity index (χ3v) is 4.21. The van der Waals surface area contributed by atoms with Gasteiger partial charge in [0.25, 0.3) is 0 Å². The number of urea groups is 1. The Hall–Kier alpha value is -1.60. The molecule has 0 atom stereocenters. The van der Waals surface area contributed by atoms with Crippen LogP contribution in [0.3, 0.4) is 0 Å². The van der Waals surface area contributed by atoms with Crippen LogP contribution in [-0.2, 0) is 4.74 Å². The van der Waals surface area contributed by atoms with Crippen molar-refractivity contribution in [2.45, 2.75) is 18.9 Å². The molecule has 1 saturated heterocycles. The molecule has 0 saturated carbocycles. The molecule has 2 N–H and O–H groups in total. The molecule has 114 valence electrons. The topological polar surface area (TPSA) is 78.9 Å². The lowest BCUT2D eigenvalue weighted by molar-refractivity contribution is 0.0521. The Morgan fingerprint density at radius 1 is 1.38 bits per heavy atom. The second-order valence-corrected chi connectivity index (χ2v) is 5.71. The van der Waals surface area contributed by atoms with Crippen LogP contribution in [0.1, 0.15) is 23.2 Å². The number of ether oxygens (including phenoxy) is 1. The molecular formula is C14H17BrN2O4. The van der Waals surface area contributed by atoms with E-state index in [4.69, 9.17) is 9.84 Å². The van der Waals surface area contributed by atoms with Gasteiger partial charge >= 0.3 is 12.0 Å². The van der Waals surface area contributed by atoms with Gasteiger partial charge in [-0.15, -0.1) is 0 Å². The Morgan fingerprint density at radius 3 is 2.62 bits per heavy atom. The molecule has 0 unspecified atom stereocenters. The fourth-order valence-corrected chi connectivity index (χ4v) is 2.59. The molecular weight excluding hydrogens is 340 g/mol. The molecule has 0 bridgehead atoms. The standard InChI is InChI=1S/C14H17BrN2O4/c1-21-10-4-6-17(7-5-10)14(20)16-12-8-9(13(18)19)2-3-11(12)15/h2-3,8,10H,4-7H2,1H3,(H,16,20)(H,18,19). The zero-order valence-corrected chi connectivity index (χ0v) is 13.2. The molecule has 0 aliphatic carbocycles. The summed E-state index contributed by atoms with van der Waals surface area (Å²) in [7, 11) is 1.68. The second-order valence-electron chi connectivity index (χ2n) is 4.85. The molecule has 0 radical (unpaired) electrons. The SMILES string of the molecule is COC1CCN(C(=O)Nc2cc(C(=O)O)ccc2Br)CC1. The van der Waals surface area contributed by atoms with Gasteiger partial charge in [0.05, 0.1) is 17.4 Å². The number of piperidine rings is 1. The molecule has 1 aliphatic heterocycles. The summed E-state index contributed by atoms with van der Waals surface area (Å²) in [6.07, 6.45) is 1.82. The summed E-state index contributed by atoms with van der Waals surface area (Å²) >= 11 is 3.31. The zero-order chi connectivity index (χ0) is 15.4. The number of halogens is 1. The number of nitrogens with one attached hydrogen (secondary N) is 1. The first-order valence-corrected chi connectivity index (χ1v) is 7.42. The van der Waals surface area contributed by atoms with E-state index in [1.165, 1.54) is 12.1 Å². The van der Waals surface area contributed by atoms with Gasteiger partial charge in [-0.3, -0.25) is 0 Å². The van der Waals surface area contributed by atoms with E-state index in [2.05, 4.69) is 21.2 Å². The lowest BCUT2D eigenvalue weighted by Crippen LogP contribution is -2.42. The van der Waals surface area contributed by atoms with Gasteiger partial charge in [-0.25, -0.2) is 9.59 Å². The number of carboxylic acid groups (broad SMARTS) is 1. The Morgan fingerprint density at radius 2 is 2.05 bits per heavy atom. The lowest BCUT2D eigenvalue weighted by atomic mass is 10.1. The van der Waals surface area contributed by atoms with E-state index in [-0.39, 0.29) is 17.7 Å². The Labute approximate surface area is 131 Å². The van der Waals surface area contributed by atoms with Gasteiger partial charge in [-0.05, 0) is 47.0 Å². The maximum absolute atomic E-state index is 12.2. The monoisotopic (exact) mass is 356 g/mol. The van der Waals surface area contributed by atoms with Crippen LogP contribution < -0.4 is 5.32 Å². The van der Waals surface area contributed by atoms with Crippen molar-refractivity contribution in [2.75, 3.05) is 25.5 Å². The number of aromatic carboxylic acids is 1. The third kappa shape index (κ3) is 3.95. The van der Waals surface area contributed by atoms with Crippen LogP contribution in [0.4, 0.5) is 10.5 Å². The van der Waals surface area contributed by atoms with Gasteiger partial charge in [0, 0.05) is 24.7 Å². The number of carbonyl (C=O) groups excluding carboxylic acids is 1. The predicted molar refractivity (Wildman–Crippen MR) is 81.7 cm³/mol. The average molecular weight is 357 g/mol. The summed E-state index contributed by atoms with van der Waals surface area (Å²) in [6, 6.07) is 4.29. The minimum atomic E-state index is -1.03. The van der Waals surface area contributed by atoms with Crippen molar-refractivity contribution in [3.63, 3.8) is 0 Å². The molecule has 0 spiro atoms. The van der Waals surface area contributed by atoms with Crippen LogP contribution in [-0.4, -0.2) is 48.3 Å². The maximum Gasteiger partial charge on any atom is 0.335 e. The summed E-state index contributed by atoms with van der Waals surface area (Å²) in [5.74, 6) is -1.03. The molecule has 2 amide bonds. The van der Waals surface area contributed by atoms with Gasteiger partial charge in [-0.2, -0.15) is 0 Å². The number of anilines is 1. The van der Waals surface area contributed by atoms with Crippen molar-refractivity contribution in [2.24, 2.45) is 0 Å². The van der Waals surface area contributed by atoms with E-state index >= 15 is 0 Å². The first-order valence-electron chi connectivity index (χ1n) is 6.63. The molecule has 1 aromatic carbocycles. The minimum Gasteiger partial charge on any atom is -0.478 e. The maximum atomic E-state index is 12.2. The van der Waals surface area contributed by atoms with Gasteiger partial charge < -0.3 is 20.1 Å². The van der Waals surface area contributed by atoms with Crippen molar-refractivity contribution in [3.05, 3.63) is 28.2 Å². The normalized spacial score (nSPS) is 15.8. The minimum absolute atomic E-state index is 0.131. The number of carboxylic acids is 1. The summed E-state index contributed by atoms with van der Waals surface area (Å²) in [4.78, 5) is 24.9. The Kier molecular flexibility index (Phi) is 5.19. The third-order valence-electron chi connectivity index (χ3n) is 3.52. The quantitative estimate of drug-likeness (QED) is 0.872. The number of carbonyl (C=O) groups is 2. The largest absolute Gasteiger partial charge is 0.478 e. The first kappa shape index (κ1) is 15.8. The zero-order valence-electron chi connectivity index (χ0n) is 11.6. The fraction of sp³-hybridized carbons (Fsp3) is 0.429. The van der Waals surface area contributed by atoms with Gasteiger partial charge in [0.1, 0.15) is 0 Å². The number of methoxy groups -OCH3 is 1. The molecule has 1 fully saturated rings. The number of benzene rings is 1. The fourth-order valence-electron chi connectivity index (χ4n) is 2.24. The molecule has 1 aliphatic rings. The van der Waals surface area contributed by atoms with Crippen molar-refractivity contribution < 1.29 is 19.4 Å². The highest BCUT2D eigenvalue weighted by molar-refractivity contribution is 9.10. The van der Waals surface area contributed by atoms with Crippen molar-refractivity contribution >= 4 is 33.6 Å². The van der Waals surface area contributed by atoms with Crippen molar-refractivity contribution in [1.29, 1.82) is 0 Å². The molecule has 1 aromatic rings. The second kappa shape index (κ2) is 6.91. The average Bonchev–Trinajstić information content (AvgIpc) is 2.49. The first-order chi connectivity index (χ1) is 10.0. The molecule has 7 heteroatoms. The van der Waals surface area contributed by atoms with Crippen LogP contribution in [0.2, 0.25) is 0 Å². The number of nitrogens with zero attached hydrogens (tertiary/aromatic N) is 1. The van der Waals surface area contributed by atoms with E-state index in [0.717, 1.165) is 12.8 Å². The smallest absolute Gasteiger partial charge is 0.335 e. The van der Waals surface area contributed by atoms with Crippen LogP contribution in [0.15, 0.2) is 22.7 Å². The molecule has 2 rings (SSSR count). The molecule has 0 aromatic heterocycles. The Balaban J connectivity index is 2.03. The number of rotatable bonds is 3. The van der Waals surface area contributed by atoms with Crippen LogP contribution in [0.5, 0.6) is 0 Å². The molecule has 21 heavy (non-hydrogen) atoms. The van der Waals surface area contributed by atoms with E-state index in [1.807, 2.05) is 0 Å². The number of amides is 2. The number of likely N-dealkylation sites (tertiary alicyclic amines) is 1. The highest BCUT2D eigenvalue weighted by Crippen LogP contribution is 2.24. The van der Waals surface area contributed by atoms with E-state index in [1.54, 1.807) is 18.1 Å².